The van der Waals surface area contributed by atoms with Crippen molar-refractivity contribution >= 4 is 46.7 Å². The van der Waals surface area contributed by atoms with Gasteiger partial charge in [0.15, 0.2) is 5.60 Å². The second-order valence-electron chi connectivity index (χ2n) is 15.3. The van der Waals surface area contributed by atoms with Crippen molar-refractivity contribution in [1.82, 2.24) is 20.9 Å². The molecule has 6 rings (SSSR count). The molecule has 50 heavy (non-hydrogen) atoms. The molecule has 6 atom stereocenters. The van der Waals surface area contributed by atoms with Gasteiger partial charge in [-0.3, -0.25) is 24.0 Å². The zero-order valence-electron chi connectivity index (χ0n) is 29.0. The van der Waals surface area contributed by atoms with Crippen molar-refractivity contribution in [2.45, 2.75) is 108 Å². The van der Waals surface area contributed by atoms with Gasteiger partial charge in [-0.1, -0.05) is 93.3 Å². The molecule has 12 heteroatoms. The van der Waals surface area contributed by atoms with E-state index < -0.39 is 52.6 Å². The largest absolute Gasteiger partial charge is 0.387 e. The van der Waals surface area contributed by atoms with Crippen LogP contribution in [0, 0.1) is 11.3 Å². The zero-order valence-corrected chi connectivity index (χ0v) is 29.8. The van der Waals surface area contributed by atoms with Gasteiger partial charge in [-0.05, 0) is 54.7 Å². The summed E-state index contributed by atoms with van der Waals surface area (Å²) in [4.78, 5) is 75.8. The van der Waals surface area contributed by atoms with Crippen LogP contribution in [0.4, 0.5) is 0 Å². The molecule has 3 fully saturated rings. The Bertz CT molecular complexity index is 1690. The Morgan fingerprint density at radius 2 is 1.76 bits per heavy atom. The van der Waals surface area contributed by atoms with Crippen LogP contribution in [-0.2, 0) is 28.8 Å². The summed E-state index contributed by atoms with van der Waals surface area (Å²) in [6.07, 6.45) is 3.56. The molecule has 2 aromatic rings. The first-order valence-corrected chi connectivity index (χ1v) is 18.0. The minimum atomic E-state index is -1.05. The first-order chi connectivity index (χ1) is 23.8. The third kappa shape index (κ3) is 7.88. The van der Waals surface area contributed by atoms with E-state index in [-0.39, 0.29) is 43.2 Å². The number of Topliss-reactive ketones (excluding diaryl/α,β-unsaturated/α-hetero) is 1. The summed E-state index contributed by atoms with van der Waals surface area (Å²) >= 11 is 6.25. The van der Waals surface area contributed by atoms with Crippen LogP contribution in [0.15, 0.2) is 59.8 Å². The molecule has 3 N–H and O–H groups in total. The van der Waals surface area contributed by atoms with Crippen LogP contribution in [0.1, 0.15) is 89.7 Å². The van der Waals surface area contributed by atoms with Gasteiger partial charge in [-0.25, -0.2) is 0 Å². The predicted octanol–water partition coefficient (Wildman–Crippen LogP) is 4.27. The first-order valence-electron chi connectivity index (χ1n) is 17.6. The maximum atomic E-state index is 14.6. The number of nitrogens with one attached hydrogen (secondary N) is 3. The van der Waals surface area contributed by atoms with Gasteiger partial charge in [-0.2, -0.15) is 0 Å². The van der Waals surface area contributed by atoms with Crippen molar-refractivity contribution in [3.05, 3.63) is 70.7 Å². The molecule has 1 saturated heterocycles. The average Bonchev–Trinajstić information content (AvgIpc) is 4.00. The first kappa shape index (κ1) is 35.6. The van der Waals surface area contributed by atoms with E-state index in [1.165, 1.54) is 4.90 Å². The number of benzene rings is 2. The molecule has 2 heterocycles. The molecule has 2 aromatic carbocycles. The monoisotopic (exact) mass is 703 g/mol. The minimum Gasteiger partial charge on any atom is -0.387 e. The lowest BCUT2D eigenvalue weighted by Gasteiger charge is -2.35. The van der Waals surface area contributed by atoms with E-state index >= 15 is 0 Å². The van der Waals surface area contributed by atoms with E-state index in [9.17, 15) is 24.0 Å². The van der Waals surface area contributed by atoms with Crippen LogP contribution in [0.2, 0.25) is 5.02 Å². The number of likely N-dealkylation sites (tertiary alicyclic amines) is 1. The van der Waals surface area contributed by atoms with Crippen LogP contribution in [0.5, 0.6) is 0 Å². The number of amides is 4. The van der Waals surface area contributed by atoms with Crippen LogP contribution in [0.3, 0.4) is 0 Å². The predicted molar refractivity (Wildman–Crippen MR) is 188 cm³/mol. The zero-order chi connectivity index (χ0) is 35.8. The highest BCUT2D eigenvalue weighted by atomic mass is 35.5. The Kier molecular flexibility index (Phi) is 10.1. The van der Waals surface area contributed by atoms with Crippen molar-refractivity contribution in [3.8, 4) is 0 Å². The maximum Gasteiger partial charge on any atom is 0.289 e. The number of halogens is 1. The van der Waals surface area contributed by atoms with Crippen LogP contribution >= 0.6 is 11.6 Å². The highest BCUT2D eigenvalue weighted by molar-refractivity contribution is 6.38. The van der Waals surface area contributed by atoms with E-state index in [0.717, 1.165) is 24.0 Å². The van der Waals surface area contributed by atoms with Crippen molar-refractivity contribution in [3.63, 3.8) is 0 Å². The summed E-state index contributed by atoms with van der Waals surface area (Å²) < 4.78 is 0. The fourth-order valence-electron chi connectivity index (χ4n) is 7.04. The molecule has 2 saturated carbocycles. The molecule has 4 aliphatic rings. The Balaban J connectivity index is 1.24. The number of rotatable bonds is 12. The highest BCUT2D eigenvalue weighted by Crippen LogP contribution is 2.48. The topological polar surface area (TPSA) is 146 Å². The van der Waals surface area contributed by atoms with Gasteiger partial charge in [0.25, 0.3) is 5.91 Å². The number of oxime groups is 1. The summed E-state index contributed by atoms with van der Waals surface area (Å²) in [5, 5.41) is 13.5. The second kappa shape index (κ2) is 14.2. The molecule has 11 nitrogen and oxygen atoms in total. The van der Waals surface area contributed by atoms with Crippen molar-refractivity contribution in [1.29, 1.82) is 0 Å². The van der Waals surface area contributed by atoms with Crippen LogP contribution < -0.4 is 16.0 Å². The lowest BCUT2D eigenvalue weighted by atomic mass is 9.85. The number of ketones is 1. The Labute approximate surface area is 297 Å². The molecule has 1 spiro atoms. The number of carbonyl (C=O) groups is 5. The van der Waals surface area contributed by atoms with Crippen molar-refractivity contribution in [2.24, 2.45) is 16.5 Å². The summed E-state index contributed by atoms with van der Waals surface area (Å²) in [6.45, 7) is 7.52. The smallest absolute Gasteiger partial charge is 0.289 e. The van der Waals surface area contributed by atoms with Crippen LogP contribution in [0.25, 0.3) is 0 Å². The van der Waals surface area contributed by atoms with E-state index in [2.05, 4.69) is 21.1 Å². The third-order valence-corrected chi connectivity index (χ3v) is 10.3. The standard InChI is InChI=1S/C38H46ClN5O6/c1-5-10-28(31(45)35(48)40-25-15-16-25)41-34(47)30-20-38(19-29(43-50-38)23-13-9-14-24(39)17-23)21-44(30)36(49)32(37(2,3)4)42-33(46)27-18-26(27)22-11-7-6-8-12-22/h6-9,11-14,17,25-28,30,32H,5,10,15-16,18-21H2,1-4H3,(H,40,48)(H,41,47)(H,42,46)/t26-,27+,28-,30-,32+,38+/m0/s1. The van der Waals surface area contributed by atoms with Gasteiger partial charge >= 0.3 is 0 Å². The summed E-state index contributed by atoms with van der Waals surface area (Å²) in [7, 11) is 0. The Morgan fingerprint density at radius 1 is 1.02 bits per heavy atom. The normalized spacial score (nSPS) is 25.3. The molecular formula is C38H46ClN5O6. The molecule has 0 aromatic heterocycles. The maximum absolute atomic E-state index is 14.6. The van der Waals surface area contributed by atoms with Gasteiger partial charge in [0.1, 0.15) is 12.1 Å². The molecule has 4 amide bonds. The summed E-state index contributed by atoms with van der Waals surface area (Å²) in [5.41, 5.74) is 0.761. The number of hydrogen-bond donors (Lipinski definition) is 3. The van der Waals surface area contributed by atoms with Gasteiger partial charge < -0.3 is 25.7 Å². The SMILES string of the molecule is CCC[C@H](NC(=O)[C@@H]1C[C@]2(CC(c3cccc(Cl)c3)=NO2)CN1C(=O)[C@@H](NC(=O)[C@@H]1C[C@H]1c1ccccc1)C(C)(C)C)C(=O)C(=O)NC1CC1. The molecule has 2 aliphatic carbocycles. The van der Waals surface area contributed by atoms with E-state index in [4.69, 9.17) is 16.4 Å². The van der Waals surface area contributed by atoms with E-state index in [1.54, 1.807) is 12.1 Å². The second-order valence-corrected chi connectivity index (χ2v) is 15.8. The van der Waals surface area contributed by atoms with Gasteiger partial charge in [0.05, 0.1) is 18.3 Å². The lowest BCUT2D eigenvalue weighted by Crippen LogP contribution is -2.59. The lowest BCUT2D eigenvalue weighted by molar-refractivity contribution is -0.145. The van der Waals surface area contributed by atoms with E-state index in [0.29, 0.717) is 30.0 Å². The fourth-order valence-corrected chi connectivity index (χ4v) is 7.23. The quantitative estimate of drug-likeness (QED) is 0.282. The van der Waals surface area contributed by atoms with Gasteiger partial charge in [-0.15, -0.1) is 0 Å². The molecule has 2 aliphatic heterocycles. The summed E-state index contributed by atoms with van der Waals surface area (Å²) in [6, 6.07) is 14.0. The highest BCUT2D eigenvalue weighted by Gasteiger charge is 2.56. The van der Waals surface area contributed by atoms with Crippen molar-refractivity contribution in [2.75, 3.05) is 6.54 Å². The Hall–Kier alpha value is -4.25. The van der Waals surface area contributed by atoms with Gasteiger partial charge in [0, 0.05) is 35.4 Å². The number of nitrogens with zero attached hydrogens (tertiary/aromatic N) is 2. The Morgan fingerprint density at radius 3 is 2.42 bits per heavy atom. The average molecular weight is 704 g/mol. The fraction of sp³-hybridized carbons (Fsp3) is 0.526. The third-order valence-electron chi connectivity index (χ3n) is 10.1. The molecule has 0 unspecified atom stereocenters. The van der Waals surface area contributed by atoms with Crippen molar-refractivity contribution < 1.29 is 28.8 Å². The summed E-state index contributed by atoms with van der Waals surface area (Å²) in [5.74, 6) is -2.80. The van der Waals surface area contributed by atoms with Crippen LogP contribution in [-0.4, -0.2) is 76.3 Å². The molecule has 266 valence electrons. The number of carbonyl (C=O) groups excluding carboxylic acids is 5. The van der Waals surface area contributed by atoms with Gasteiger partial charge in [0.2, 0.25) is 23.5 Å². The molecule has 0 bridgehead atoms. The molecular weight excluding hydrogens is 658 g/mol. The number of hydrogen-bond acceptors (Lipinski definition) is 7. The molecule has 0 radical (unpaired) electrons. The van der Waals surface area contributed by atoms with E-state index in [1.807, 2.05) is 70.2 Å². The minimum absolute atomic E-state index is 0.0106.